The van der Waals surface area contributed by atoms with Crippen LogP contribution >= 0.6 is 0 Å². The molecule has 1 amide bonds. The van der Waals surface area contributed by atoms with Crippen LogP contribution in [0.1, 0.15) is 27.7 Å². The van der Waals surface area contributed by atoms with Gasteiger partial charge in [0.2, 0.25) is 0 Å². The van der Waals surface area contributed by atoms with Gasteiger partial charge in [0.15, 0.2) is 6.04 Å². The molecule has 0 spiro atoms. The number of carbonyl (C=O) groups excluding carboxylic acids is 2. The van der Waals surface area contributed by atoms with Crippen molar-refractivity contribution in [3.05, 3.63) is 34.4 Å². The van der Waals surface area contributed by atoms with E-state index < -0.39 is 27.5 Å². The molecule has 0 aliphatic rings. The summed E-state index contributed by atoms with van der Waals surface area (Å²) in [5.74, 6) is -0.536. The molecule has 132 valence electrons. The molecule has 0 N–H and O–H groups in total. The summed E-state index contributed by atoms with van der Waals surface area (Å²) in [5.41, 5.74) is 0.336. The van der Waals surface area contributed by atoms with Gasteiger partial charge < -0.3 is 9.47 Å². The largest absolute Gasteiger partial charge is 0.521 e. The molecular weight excluding hydrogens is 316 g/mol. The predicted octanol–water partition coefficient (Wildman–Crippen LogP) is 3.03. The van der Waals surface area contributed by atoms with Gasteiger partial charge in [-0.05, 0) is 20.8 Å². The second kappa shape index (κ2) is 8.39. The summed E-state index contributed by atoms with van der Waals surface area (Å²) in [6.45, 7) is 7.26. The number of hydrogen-bond donors (Lipinski definition) is 0. The number of hydrogen-bond acceptors (Lipinski definition) is 6. The monoisotopic (exact) mass is 339 g/mol. The Morgan fingerprint density at radius 3 is 2.08 bits per heavy atom. The number of quaternary nitrogens is 1. The van der Waals surface area contributed by atoms with E-state index in [-0.39, 0.29) is 25.4 Å². The molecule has 0 radical (unpaired) electrons. The van der Waals surface area contributed by atoms with Gasteiger partial charge in [-0.3, -0.25) is 10.1 Å². The number of ether oxygens (including phenoxy) is 2. The molecule has 24 heavy (non-hydrogen) atoms. The third-order valence-electron chi connectivity index (χ3n) is 3.90. The van der Waals surface area contributed by atoms with Gasteiger partial charge in [0.05, 0.1) is 24.7 Å². The Balaban J connectivity index is 3.42. The number of nitro benzene ring substituents is 1. The first-order valence-corrected chi connectivity index (χ1v) is 7.81. The van der Waals surface area contributed by atoms with Crippen LogP contribution in [-0.2, 0) is 14.3 Å². The van der Waals surface area contributed by atoms with E-state index in [2.05, 4.69) is 0 Å². The molecule has 0 heterocycles. The fourth-order valence-electron chi connectivity index (χ4n) is 2.59. The summed E-state index contributed by atoms with van der Waals surface area (Å²) in [4.78, 5) is 35.2. The van der Waals surface area contributed by atoms with E-state index in [1.54, 1.807) is 27.7 Å². The molecule has 1 aromatic carbocycles. The number of benzene rings is 1. The fraction of sp³-hybridized carbons (Fsp3) is 0.500. The van der Waals surface area contributed by atoms with Crippen molar-refractivity contribution in [1.82, 2.24) is 4.48 Å². The minimum Gasteiger partial charge on any atom is -0.462 e. The lowest BCUT2D eigenvalue weighted by Gasteiger charge is -2.36. The van der Waals surface area contributed by atoms with E-state index in [0.717, 1.165) is 0 Å². The molecule has 0 bridgehead atoms. The van der Waals surface area contributed by atoms with Crippen molar-refractivity contribution in [2.24, 2.45) is 0 Å². The van der Waals surface area contributed by atoms with Crippen LogP contribution in [0.25, 0.3) is 0 Å². The van der Waals surface area contributed by atoms with Crippen LogP contribution < -0.4 is 4.48 Å². The summed E-state index contributed by atoms with van der Waals surface area (Å²) in [6, 6.07) is 4.68. The highest BCUT2D eigenvalue weighted by Crippen LogP contribution is 2.30. The van der Waals surface area contributed by atoms with Crippen LogP contribution in [0.4, 0.5) is 16.2 Å². The highest BCUT2D eigenvalue weighted by Gasteiger charge is 2.49. The Labute approximate surface area is 140 Å². The van der Waals surface area contributed by atoms with Gasteiger partial charge >= 0.3 is 12.1 Å². The number of nitrogens with zero attached hydrogens (tertiary/aromatic N) is 2. The number of amides is 1. The first kappa shape index (κ1) is 19.6. The van der Waals surface area contributed by atoms with Crippen LogP contribution in [0.2, 0.25) is 0 Å². The zero-order valence-electron chi connectivity index (χ0n) is 14.4. The molecule has 0 saturated heterocycles. The molecule has 0 aliphatic heterocycles. The molecule has 2 unspecified atom stereocenters. The van der Waals surface area contributed by atoms with Crippen molar-refractivity contribution < 1.29 is 24.0 Å². The second-order valence-electron chi connectivity index (χ2n) is 5.09. The van der Waals surface area contributed by atoms with Gasteiger partial charge in [-0.25, -0.2) is 4.79 Å². The van der Waals surface area contributed by atoms with Crippen molar-refractivity contribution in [2.75, 3.05) is 19.8 Å². The maximum atomic E-state index is 12.7. The Kier molecular flexibility index (Phi) is 6.84. The number of rotatable bonds is 7. The van der Waals surface area contributed by atoms with Gasteiger partial charge in [-0.1, -0.05) is 0 Å². The normalized spacial score (nSPS) is 14.3. The first-order valence-electron chi connectivity index (χ1n) is 7.81. The average Bonchev–Trinajstić information content (AvgIpc) is 2.56. The minimum absolute atomic E-state index is 0.0967. The number of likely N-dealkylation sites (N-methyl/N-ethyl adjacent to an activating group) is 1. The molecule has 0 fully saturated rings. The van der Waals surface area contributed by atoms with Gasteiger partial charge in [-0.15, -0.1) is 0 Å². The Morgan fingerprint density at radius 1 is 1.12 bits per heavy atom. The second-order valence-corrected chi connectivity index (χ2v) is 5.09. The maximum absolute atomic E-state index is 12.7. The van der Waals surface area contributed by atoms with E-state index in [1.165, 1.54) is 24.3 Å². The van der Waals surface area contributed by atoms with E-state index in [0.29, 0.717) is 5.69 Å². The van der Waals surface area contributed by atoms with Gasteiger partial charge in [0, 0.05) is 31.2 Å². The quantitative estimate of drug-likeness (QED) is 0.328. The van der Waals surface area contributed by atoms with E-state index in [4.69, 9.17) is 9.47 Å². The molecule has 8 heteroatoms. The summed E-state index contributed by atoms with van der Waals surface area (Å²) < 4.78 is 9.80. The van der Waals surface area contributed by atoms with Crippen molar-refractivity contribution in [3.63, 3.8) is 0 Å². The third-order valence-corrected chi connectivity index (χ3v) is 3.90. The average molecular weight is 339 g/mol. The summed E-state index contributed by atoms with van der Waals surface area (Å²) in [7, 11) is 0. The van der Waals surface area contributed by atoms with E-state index >= 15 is 0 Å². The van der Waals surface area contributed by atoms with Crippen LogP contribution in [-0.4, -0.2) is 42.8 Å². The lowest BCUT2D eigenvalue weighted by atomic mass is 10.1. The zero-order valence-corrected chi connectivity index (χ0v) is 14.4. The van der Waals surface area contributed by atoms with Gasteiger partial charge in [0.1, 0.15) is 5.69 Å². The molecule has 1 aromatic rings. The SMILES string of the molecule is CCOC(=O)C(C)[N+](CC)(C(=O)OCC)c1ccc([N+](=O)[O-])cc1. The number of nitro groups is 1. The standard InChI is InChI=1S/C16H23N2O6/c1-5-18(16(20)24-7-3,12(4)15(19)23-6-2)14-10-8-13(9-11-14)17(21)22/h8-12H,5-7H2,1-4H3/q+1. The summed E-state index contributed by atoms with van der Waals surface area (Å²) >= 11 is 0. The lowest BCUT2D eigenvalue weighted by Crippen LogP contribution is -2.63. The van der Waals surface area contributed by atoms with E-state index in [9.17, 15) is 19.7 Å². The molecular formula is C16H23N2O6+. The van der Waals surface area contributed by atoms with Gasteiger partial charge in [-0.2, -0.15) is 9.28 Å². The topological polar surface area (TPSA) is 95.7 Å². The van der Waals surface area contributed by atoms with Crippen molar-refractivity contribution >= 4 is 23.4 Å². The molecule has 0 aromatic heterocycles. The van der Waals surface area contributed by atoms with Crippen LogP contribution in [0.3, 0.4) is 0 Å². The van der Waals surface area contributed by atoms with Crippen LogP contribution in [0, 0.1) is 10.1 Å². The number of carbonyl (C=O) groups is 2. The highest BCUT2D eigenvalue weighted by atomic mass is 16.6. The van der Waals surface area contributed by atoms with Crippen molar-refractivity contribution in [2.45, 2.75) is 33.7 Å². The Bertz CT molecular complexity index is 601. The molecule has 8 nitrogen and oxygen atoms in total. The van der Waals surface area contributed by atoms with Gasteiger partial charge in [0.25, 0.3) is 5.69 Å². The van der Waals surface area contributed by atoms with Crippen LogP contribution in [0.5, 0.6) is 0 Å². The Hall–Kier alpha value is -2.48. The number of non-ortho nitro benzene ring substituents is 1. The molecule has 1 rings (SSSR count). The van der Waals surface area contributed by atoms with E-state index in [1.807, 2.05) is 0 Å². The maximum Gasteiger partial charge on any atom is 0.521 e. The minimum atomic E-state index is -0.851. The van der Waals surface area contributed by atoms with Crippen molar-refractivity contribution in [3.8, 4) is 0 Å². The third kappa shape index (κ3) is 3.70. The lowest BCUT2D eigenvalue weighted by molar-refractivity contribution is -0.384. The predicted molar refractivity (Wildman–Crippen MR) is 88.5 cm³/mol. The fourth-order valence-corrected chi connectivity index (χ4v) is 2.59. The molecule has 2 atom stereocenters. The molecule has 0 aliphatic carbocycles. The first-order chi connectivity index (χ1) is 11.3. The highest BCUT2D eigenvalue weighted by molar-refractivity contribution is 5.91. The Morgan fingerprint density at radius 2 is 1.67 bits per heavy atom. The summed E-state index contributed by atoms with van der Waals surface area (Å²) in [6.07, 6.45) is -0.602. The molecule has 0 saturated carbocycles. The number of esters is 1. The summed E-state index contributed by atoms with van der Waals surface area (Å²) in [5, 5.41) is 10.8. The smallest absolute Gasteiger partial charge is 0.462 e. The zero-order chi connectivity index (χ0) is 18.3. The van der Waals surface area contributed by atoms with Crippen molar-refractivity contribution in [1.29, 1.82) is 0 Å². The van der Waals surface area contributed by atoms with Crippen LogP contribution in [0.15, 0.2) is 24.3 Å².